The van der Waals surface area contributed by atoms with Gasteiger partial charge in [-0.1, -0.05) is 0 Å². The van der Waals surface area contributed by atoms with E-state index in [0.29, 0.717) is 25.9 Å². The summed E-state index contributed by atoms with van der Waals surface area (Å²) in [6.07, 6.45) is -2.38. The summed E-state index contributed by atoms with van der Waals surface area (Å²) in [5.41, 5.74) is -0.983. The number of alkyl halides is 3. The normalized spacial score (nSPS) is 19.3. The lowest BCUT2D eigenvalue weighted by Gasteiger charge is -2.36. The Morgan fingerprint density at radius 2 is 1.96 bits per heavy atom. The van der Waals surface area contributed by atoms with Crippen LogP contribution in [0.15, 0.2) is 12.3 Å². The van der Waals surface area contributed by atoms with Crippen molar-refractivity contribution >= 4 is 17.9 Å². The molecule has 11 heteroatoms. The van der Waals surface area contributed by atoms with Crippen molar-refractivity contribution in [3.8, 4) is 0 Å². The molecule has 2 fully saturated rings. The van der Waals surface area contributed by atoms with Crippen LogP contribution < -0.4 is 4.90 Å². The second kappa shape index (κ2) is 7.67. The third-order valence-corrected chi connectivity index (χ3v) is 4.72. The van der Waals surface area contributed by atoms with Gasteiger partial charge in [0, 0.05) is 32.4 Å². The van der Waals surface area contributed by atoms with Gasteiger partial charge in [-0.3, -0.25) is 9.69 Å². The number of halogens is 3. The Kier molecular flexibility index (Phi) is 5.49. The van der Waals surface area contributed by atoms with E-state index in [-0.39, 0.29) is 43.6 Å². The molecule has 2 aliphatic rings. The molecule has 0 aromatic carbocycles. The Morgan fingerprint density at radius 3 is 2.59 bits per heavy atom. The average molecular weight is 387 g/mol. The van der Waals surface area contributed by atoms with Gasteiger partial charge < -0.3 is 14.5 Å². The summed E-state index contributed by atoms with van der Waals surface area (Å²) in [5, 5.41) is 0. The molecule has 3 amide bonds. The molecule has 1 aromatic heterocycles. The first-order valence-corrected chi connectivity index (χ1v) is 8.56. The predicted molar refractivity (Wildman–Crippen MR) is 88.0 cm³/mol. The molecular formula is C16H20F3N5O3. The second-order valence-electron chi connectivity index (χ2n) is 6.41. The van der Waals surface area contributed by atoms with Crippen molar-refractivity contribution in [2.45, 2.75) is 25.1 Å². The Hall–Kier alpha value is -2.43. The van der Waals surface area contributed by atoms with E-state index in [1.165, 1.54) is 16.9 Å². The molecule has 0 saturated carbocycles. The van der Waals surface area contributed by atoms with Crippen molar-refractivity contribution in [1.29, 1.82) is 0 Å². The largest absolute Gasteiger partial charge is 0.433 e. The Bertz CT molecular complexity index is 707. The van der Waals surface area contributed by atoms with Gasteiger partial charge in [0.15, 0.2) is 0 Å². The summed E-state index contributed by atoms with van der Waals surface area (Å²) >= 11 is 0. The zero-order valence-corrected chi connectivity index (χ0v) is 14.8. The van der Waals surface area contributed by atoms with Gasteiger partial charge >= 0.3 is 12.2 Å². The first-order chi connectivity index (χ1) is 12.8. The van der Waals surface area contributed by atoms with Crippen molar-refractivity contribution in [3.63, 3.8) is 0 Å². The van der Waals surface area contributed by atoms with Crippen LogP contribution in [0.2, 0.25) is 0 Å². The van der Waals surface area contributed by atoms with Crippen molar-refractivity contribution < 1.29 is 27.5 Å². The van der Waals surface area contributed by atoms with E-state index >= 15 is 0 Å². The molecule has 27 heavy (non-hydrogen) atoms. The molecule has 2 aliphatic heterocycles. The van der Waals surface area contributed by atoms with Gasteiger partial charge in [-0.2, -0.15) is 13.2 Å². The lowest BCUT2D eigenvalue weighted by Crippen LogP contribution is -2.47. The van der Waals surface area contributed by atoms with E-state index < -0.39 is 11.9 Å². The Labute approximate surface area is 153 Å². The third kappa shape index (κ3) is 4.12. The smallest absolute Gasteiger partial charge is 0.383 e. The first kappa shape index (κ1) is 19.3. The van der Waals surface area contributed by atoms with Crippen LogP contribution in [0.1, 0.15) is 18.5 Å². The summed E-state index contributed by atoms with van der Waals surface area (Å²) in [6, 6.07) is 0.348. The van der Waals surface area contributed by atoms with Gasteiger partial charge in [0.2, 0.25) is 11.9 Å². The van der Waals surface area contributed by atoms with Crippen molar-refractivity contribution in [2.75, 3.05) is 44.8 Å². The van der Waals surface area contributed by atoms with E-state index in [2.05, 4.69) is 9.97 Å². The fourth-order valence-electron chi connectivity index (χ4n) is 3.28. The van der Waals surface area contributed by atoms with Gasteiger partial charge in [-0.15, -0.1) is 0 Å². The fourth-order valence-corrected chi connectivity index (χ4v) is 3.28. The van der Waals surface area contributed by atoms with Crippen LogP contribution in [0.3, 0.4) is 0 Å². The van der Waals surface area contributed by atoms with Crippen LogP contribution in [-0.4, -0.2) is 77.6 Å². The summed E-state index contributed by atoms with van der Waals surface area (Å²) in [4.78, 5) is 36.4. The number of piperidine rings is 1. The van der Waals surface area contributed by atoms with Crippen molar-refractivity contribution in [3.05, 3.63) is 18.0 Å². The number of amides is 3. The molecule has 0 unspecified atom stereocenters. The molecule has 0 aliphatic carbocycles. The van der Waals surface area contributed by atoms with Crippen LogP contribution >= 0.6 is 0 Å². The fraction of sp³-hybridized carbons (Fsp3) is 0.625. The van der Waals surface area contributed by atoms with Crippen LogP contribution in [0, 0.1) is 0 Å². The minimum atomic E-state index is -4.52. The number of carbonyl (C=O) groups is 2. The van der Waals surface area contributed by atoms with Crippen LogP contribution in [0.5, 0.6) is 0 Å². The van der Waals surface area contributed by atoms with Gasteiger partial charge in [-0.25, -0.2) is 14.8 Å². The molecule has 0 N–H and O–H groups in total. The highest BCUT2D eigenvalue weighted by atomic mass is 19.4. The van der Waals surface area contributed by atoms with Crippen LogP contribution in [-0.2, 0) is 15.7 Å². The van der Waals surface area contributed by atoms with E-state index in [1.807, 2.05) is 0 Å². The van der Waals surface area contributed by atoms with Gasteiger partial charge in [-0.05, 0) is 18.9 Å². The number of aromatic nitrogens is 2. The average Bonchev–Trinajstić information content (AvgIpc) is 2.93. The number of carbonyl (C=O) groups excluding carboxylic acids is 2. The zero-order valence-electron chi connectivity index (χ0n) is 14.8. The summed E-state index contributed by atoms with van der Waals surface area (Å²) in [6.45, 7) is 1.32. The quantitative estimate of drug-likeness (QED) is 0.711. The highest BCUT2D eigenvalue weighted by molar-refractivity contribution is 6.02. The number of hydrogen-bond acceptors (Lipinski definition) is 6. The maximum atomic E-state index is 12.8. The molecule has 0 atom stereocenters. The van der Waals surface area contributed by atoms with E-state index in [9.17, 15) is 22.8 Å². The lowest BCUT2D eigenvalue weighted by atomic mass is 10.0. The maximum absolute atomic E-state index is 12.8. The van der Waals surface area contributed by atoms with Crippen molar-refractivity contribution in [1.82, 2.24) is 19.8 Å². The number of anilines is 1. The summed E-state index contributed by atoms with van der Waals surface area (Å²) in [7, 11) is 1.49. The van der Waals surface area contributed by atoms with Gasteiger partial charge in [0.25, 0.3) is 0 Å². The van der Waals surface area contributed by atoms with Crippen LogP contribution in [0.4, 0.5) is 23.9 Å². The number of hydrogen-bond donors (Lipinski definition) is 0. The second-order valence-corrected chi connectivity index (χ2v) is 6.41. The topological polar surface area (TPSA) is 78.9 Å². The molecule has 0 spiro atoms. The Morgan fingerprint density at radius 1 is 1.26 bits per heavy atom. The molecule has 148 valence electrons. The van der Waals surface area contributed by atoms with E-state index in [4.69, 9.17) is 4.74 Å². The molecule has 0 radical (unpaired) electrons. The SMILES string of the molecule is COCCN1C(=O)CN(C2CCN(c3nccc(C(F)(F)F)n3)CC2)C1=O. The molecular weight excluding hydrogens is 367 g/mol. The van der Waals surface area contributed by atoms with E-state index in [0.717, 1.165) is 12.3 Å². The highest BCUT2D eigenvalue weighted by Crippen LogP contribution is 2.29. The molecule has 1 aromatic rings. The molecule has 3 heterocycles. The van der Waals surface area contributed by atoms with Crippen molar-refractivity contribution in [2.24, 2.45) is 0 Å². The highest BCUT2D eigenvalue weighted by Gasteiger charge is 2.40. The molecule has 8 nitrogen and oxygen atoms in total. The van der Waals surface area contributed by atoms with Crippen LogP contribution in [0.25, 0.3) is 0 Å². The summed E-state index contributed by atoms with van der Waals surface area (Å²) < 4.78 is 43.3. The van der Waals surface area contributed by atoms with Gasteiger partial charge in [0.1, 0.15) is 12.2 Å². The third-order valence-electron chi connectivity index (χ3n) is 4.72. The molecule has 2 saturated heterocycles. The summed E-state index contributed by atoms with van der Waals surface area (Å²) in [5.74, 6) is -0.241. The number of ether oxygens (including phenoxy) is 1. The predicted octanol–water partition coefficient (Wildman–Crippen LogP) is 1.37. The standard InChI is InChI=1S/C16H20F3N5O3/c1-27-9-8-23-13(25)10-24(15(23)26)11-3-6-22(7-4-11)14-20-5-2-12(21-14)16(17,18)19/h2,5,11H,3-4,6-10H2,1H3. The lowest BCUT2D eigenvalue weighted by molar-refractivity contribution is -0.141. The zero-order chi connectivity index (χ0) is 19.6. The molecule has 3 rings (SSSR count). The number of rotatable bonds is 5. The van der Waals surface area contributed by atoms with E-state index in [1.54, 1.807) is 4.90 Å². The number of nitrogens with zero attached hydrogens (tertiary/aromatic N) is 5. The minimum absolute atomic E-state index is 0.0211. The number of imide groups is 1. The minimum Gasteiger partial charge on any atom is -0.383 e. The maximum Gasteiger partial charge on any atom is 0.433 e. The monoisotopic (exact) mass is 387 g/mol. The number of methoxy groups -OCH3 is 1. The first-order valence-electron chi connectivity index (χ1n) is 8.56. The molecule has 0 bridgehead atoms. The van der Waals surface area contributed by atoms with Gasteiger partial charge in [0.05, 0.1) is 13.2 Å². The Balaban J connectivity index is 1.61. The number of urea groups is 1.